The first-order valence-electron chi connectivity index (χ1n) is 10.1. The van der Waals surface area contributed by atoms with E-state index in [0.29, 0.717) is 6.61 Å². The normalized spacial score (nSPS) is 11.8. The smallest absolute Gasteiger partial charge is 0.226 e. The van der Waals surface area contributed by atoms with E-state index in [2.05, 4.69) is 60.5 Å². The first-order valence-corrected chi connectivity index (χ1v) is 11.0. The molecule has 0 bridgehead atoms. The Morgan fingerprint density at radius 1 is 1.03 bits per heavy atom. The van der Waals surface area contributed by atoms with Gasteiger partial charge in [0.1, 0.15) is 17.4 Å². The Balaban J connectivity index is 1.48. The molecule has 4 nitrogen and oxygen atoms in total. The van der Waals surface area contributed by atoms with Crippen molar-refractivity contribution >= 4 is 17.2 Å². The molecule has 0 spiro atoms. The number of carbonyl (C=O) groups is 1. The summed E-state index contributed by atoms with van der Waals surface area (Å²) in [7, 11) is 0. The summed E-state index contributed by atoms with van der Waals surface area (Å²) in [5.74, 6) is 0.810. The number of aryl methyl sites for hydroxylation is 2. The molecule has 1 amide bonds. The molecule has 1 unspecified atom stereocenters. The van der Waals surface area contributed by atoms with Crippen molar-refractivity contribution in [2.24, 2.45) is 0 Å². The van der Waals surface area contributed by atoms with E-state index < -0.39 is 0 Å². The molecule has 0 aliphatic rings. The molecule has 0 radical (unpaired) electrons. The number of nitrogens with zero attached hydrogens (tertiary/aromatic N) is 1. The van der Waals surface area contributed by atoms with E-state index in [9.17, 15) is 4.79 Å². The Morgan fingerprint density at radius 2 is 1.66 bits per heavy atom. The van der Waals surface area contributed by atoms with Gasteiger partial charge in [0.2, 0.25) is 5.91 Å². The van der Waals surface area contributed by atoms with Crippen molar-refractivity contribution < 1.29 is 9.53 Å². The monoisotopic (exact) mass is 408 g/mol. The van der Waals surface area contributed by atoms with Crippen LogP contribution in [0.25, 0.3) is 0 Å². The topological polar surface area (TPSA) is 51.2 Å². The maximum absolute atomic E-state index is 12.4. The third kappa shape index (κ3) is 6.16. The number of aromatic nitrogens is 1. The lowest BCUT2D eigenvalue weighted by atomic mass is 10.0. The van der Waals surface area contributed by atoms with Crippen LogP contribution in [-0.4, -0.2) is 10.9 Å². The number of hydrogen-bond donors (Lipinski definition) is 1. The summed E-state index contributed by atoms with van der Waals surface area (Å²) in [5.41, 5.74) is 4.47. The van der Waals surface area contributed by atoms with Crippen LogP contribution in [0.15, 0.2) is 53.9 Å². The van der Waals surface area contributed by atoms with Crippen LogP contribution < -0.4 is 10.1 Å². The summed E-state index contributed by atoms with van der Waals surface area (Å²) < 4.78 is 5.80. The predicted molar refractivity (Wildman–Crippen MR) is 118 cm³/mol. The molecule has 29 heavy (non-hydrogen) atoms. The van der Waals surface area contributed by atoms with Crippen molar-refractivity contribution in [3.8, 4) is 5.75 Å². The summed E-state index contributed by atoms with van der Waals surface area (Å²) >= 11 is 1.52. The largest absolute Gasteiger partial charge is 0.486 e. The van der Waals surface area contributed by atoms with Gasteiger partial charge in [-0.05, 0) is 48.6 Å². The van der Waals surface area contributed by atoms with Crippen LogP contribution >= 0.6 is 11.3 Å². The Morgan fingerprint density at radius 3 is 2.28 bits per heavy atom. The van der Waals surface area contributed by atoms with Crippen LogP contribution in [0.2, 0.25) is 0 Å². The van der Waals surface area contributed by atoms with Gasteiger partial charge in [0.25, 0.3) is 0 Å². The number of thiazole rings is 1. The van der Waals surface area contributed by atoms with E-state index in [1.54, 1.807) is 0 Å². The van der Waals surface area contributed by atoms with Gasteiger partial charge in [0.15, 0.2) is 0 Å². The molecule has 1 N–H and O–H groups in total. The van der Waals surface area contributed by atoms with E-state index >= 15 is 0 Å². The van der Waals surface area contributed by atoms with Crippen molar-refractivity contribution in [1.82, 2.24) is 10.3 Å². The zero-order valence-electron chi connectivity index (χ0n) is 17.3. The van der Waals surface area contributed by atoms with Crippen molar-refractivity contribution in [1.29, 1.82) is 0 Å². The fraction of sp³-hybridized carbons (Fsp3) is 0.333. The molecule has 0 aliphatic carbocycles. The quantitative estimate of drug-likeness (QED) is 0.525. The molecule has 1 aromatic heterocycles. The number of ether oxygens (including phenoxy) is 1. The molecule has 1 atom stereocenters. The second-order valence-electron chi connectivity index (χ2n) is 7.08. The highest BCUT2D eigenvalue weighted by atomic mass is 32.1. The van der Waals surface area contributed by atoms with E-state index in [4.69, 9.17) is 4.74 Å². The van der Waals surface area contributed by atoms with Gasteiger partial charge in [0.05, 0.1) is 18.2 Å². The van der Waals surface area contributed by atoms with E-state index in [0.717, 1.165) is 34.9 Å². The molecular weight excluding hydrogens is 380 g/mol. The zero-order chi connectivity index (χ0) is 20.6. The van der Waals surface area contributed by atoms with Gasteiger partial charge < -0.3 is 10.1 Å². The van der Waals surface area contributed by atoms with Gasteiger partial charge in [-0.3, -0.25) is 4.79 Å². The number of amides is 1. The number of carbonyl (C=O) groups excluding carboxylic acids is 1. The van der Waals surface area contributed by atoms with Crippen LogP contribution in [0, 0.1) is 0 Å². The molecule has 3 aromatic rings. The molecule has 2 aromatic carbocycles. The molecule has 0 saturated carbocycles. The SMILES string of the molecule is CCc1ccc(OCc2nc(CC(=O)NC(C)c3ccc(CC)cc3)cs2)cc1. The highest BCUT2D eigenvalue weighted by Gasteiger charge is 2.12. The van der Waals surface area contributed by atoms with E-state index in [-0.39, 0.29) is 18.4 Å². The fourth-order valence-corrected chi connectivity index (χ4v) is 3.75. The predicted octanol–water partition coefficient (Wildman–Crippen LogP) is 5.27. The fourth-order valence-electron chi connectivity index (χ4n) is 3.05. The first kappa shape index (κ1) is 21.1. The van der Waals surface area contributed by atoms with E-state index in [1.165, 1.54) is 22.5 Å². The van der Waals surface area contributed by atoms with Crippen molar-refractivity contribution in [2.45, 2.75) is 52.7 Å². The standard InChI is InChI=1S/C24H28N2O2S/c1-4-18-6-10-20(11-7-18)17(3)25-23(27)14-21-16-29-24(26-21)15-28-22-12-8-19(5-2)9-13-22/h6-13,16-17H,4-5,14-15H2,1-3H3,(H,25,27). The molecule has 0 fully saturated rings. The second-order valence-corrected chi connectivity index (χ2v) is 8.02. The third-order valence-electron chi connectivity index (χ3n) is 4.90. The Kier molecular flexibility index (Phi) is 7.42. The summed E-state index contributed by atoms with van der Waals surface area (Å²) in [6.07, 6.45) is 2.31. The molecule has 0 aliphatic heterocycles. The van der Waals surface area contributed by atoms with Crippen LogP contribution in [0.5, 0.6) is 5.75 Å². The van der Waals surface area contributed by atoms with Gasteiger partial charge in [-0.25, -0.2) is 4.98 Å². The average molecular weight is 409 g/mol. The lowest BCUT2D eigenvalue weighted by Crippen LogP contribution is -2.28. The minimum atomic E-state index is -0.0269. The third-order valence-corrected chi connectivity index (χ3v) is 5.77. The number of rotatable bonds is 9. The molecular formula is C24H28N2O2S. The number of hydrogen-bond acceptors (Lipinski definition) is 4. The second kappa shape index (κ2) is 10.2. The van der Waals surface area contributed by atoms with Gasteiger partial charge >= 0.3 is 0 Å². The summed E-state index contributed by atoms with van der Waals surface area (Å²) in [6, 6.07) is 16.5. The Labute approximate surface area is 177 Å². The van der Waals surface area contributed by atoms with Gasteiger partial charge in [-0.1, -0.05) is 50.2 Å². The van der Waals surface area contributed by atoms with Gasteiger partial charge in [0, 0.05) is 5.38 Å². The van der Waals surface area contributed by atoms with Gasteiger partial charge in [-0.2, -0.15) is 0 Å². The van der Waals surface area contributed by atoms with Crippen LogP contribution in [0.3, 0.4) is 0 Å². The van der Waals surface area contributed by atoms with Gasteiger partial charge in [-0.15, -0.1) is 11.3 Å². The molecule has 5 heteroatoms. The first-order chi connectivity index (χ1) is 14.1. The van der Waals surface area contributed by atoms with Crippen LogP contribution in [0.1, 0.15) is 54.2 Å². The minimum Gasteiger partial charge on any atom is -0.486 e. The molecule has 3 rings (SSSR count). The maximum Gasteiger partial charge on any atom is 0.226 e. The summed E-state index contributed by atoms with van der Waals surface area (Å²) in [4.78, 5) is 16.9. The van der Waals surface area contributed by atoms with E-state index in [1.807, 2.05) is 24.4 Å². The summed E-state index contributed by atoms with van der Waals surface area (Å²) in [5, 5.41) is 5.86. The lowest BCUT2D eigenvalue weighted by Gasteiger charge is -2.14. The Hall–Kier alpha value is -2.66. The summed E-state index contributed by atoms with van der Waals surface area (Å²) in [6.45, 7) is 6.68. The van der Waals surface area contributed by atoms with Crippen LogP contribution in [0.4, 0.5) is 0 Å². The maximum atomic E-state index is 12.4. The molecule has 1 heterocycles. The molecule has 152 valence electrons. The zero-order valence-corrected chi connectivity index (χ0v) is 18.1. The van der Waals surface area contributed by atoms with Crippen molar-refractivity contribution in [2.75, 3.05) is 0 Å². The average Bonchev–Trinajstić information content (AvgIpc) is 3.19. The highest BCUT2D eigenvalue weighted by molar-refractivity contribution is 7.09. The van der Waals surface area contributed by atoms with Crippen molar-refractivity contribution in [3.05, 3.63) is 81.3 Å². The molecule has 0 saturated heterocycles. The highest BCUT2D eigenvalue weighted by Crippen LogP contribution is 2.18. The number of nitrogens with one attached hydrogen (secondary N) is 1. The van der Waals surface area contributed by atoms with Crippen LogP contribution in [-0.2, 0) is 30.7 Å². The van der Waals surface area contributed by atoms with Crippen molar-refractivity contribution in [3.63, 3.8) is 0 Å². The Bertz CT molecular complexity index is 917. The number of benzene rings is 2. The lowest BCUT2D eigenvalue weighted by molar-refractivity contribution is -0.121. The minimum absolute atomic E-state index is 0.0232.